The number of rotatable bonds is 2. The molecule has 1 amide bonds. The average molecular weight is 359 g/mol. The van der Waals surface area contributed by atoms with Crippen LogP contribution in [0.15, 0.2) is 29.3 Å². The lowest BCUT2D eigenvalue weighted by Crippen LogP contribution is -2.12. The summed E-state index contributed by atoms with van der Waals surface area (Å²) < 4.78 is 15.8. The second kappa shape index (κ2) is 4.88. The van der Waals surface area contributed by atoms with Crippen LogP contribution in [0.5, 0.6) is 0 Å². The van der Waals surface area contributed by atoms with E-state index < -0.39 is 11.7 Å². The van der Waals surface area contributed by atoms with Gasteiger partial charge in [0.2, 0.25) is 0 Å². The van der Waals surface area contributed by atoms with Gasteiger partial charge in [-0.05, 0) is 22.0 Å². The monoisotopic (exact) mass is 357 g/mol. The molecule has 102 valence electrons. The third kappa shape index (κ3) is 2.06. The second-order valence-electron chi connectivity index (χ2n) is 3.88. The molecule has 0 aromatic carbocycles. The number of pyridine rings is 1. The summed E-state index contributed by atoms with van der Waals surface area (Å²) in [7, 11) is 0. The van der Waals surface area contributed by atoms with E-state index in [4.69, 9.17) is 11.6 Å². The molecule has 20 heavy (non-hydrogen) atoms. The van der Waals surface area contributed by atoms with Crippen LogP contribution in [0.1, 0.15) is 10.4 Å². The Morgan fingerprint density at radius 1 is 1.50 bits per heavy atom. The maximum atomic E-state index is 14.0. The third-order valence-electron chi connectivity index (χ3n) is 2.66. The van der Waals surface area contributed by atoms with Gasteiger partial charge in [-0.2, -0.15) is 10.2 Å². The fourth-order valence-electron chi connectivity index (χ4n) is 1.73. The van der Waals surface area contributed by atoms with Crippen LogP contribution in [0.25, 0.3) is 5.52 Å². The van der Waals surface area contributed by atoms with Crippen LogP contribution in [0.2, 0.25) is 5.02 Å². The molecule has 0 atom stereocenters. The minimum atomic E-state index is -0.692. The van der Waals surface area contributed by atoms with Gasteiger partial charge in [0.1, 0.15) is 10.1 Å². The van der Waals surface area contributed by atoms with E-state index >= 15 is 0 Å². The summed E-state index contributed by atoms with van der Waals surface area (Å²) in [5, 5.41) is 12.8. The van der Waals surface area contributed by atoms with Crippen molar-refractivity contribution in [3.05, 3.63) is 45.7 Å². The van der Waals surface area contributed by atoms with Gasteiger partial charge in [-0.25, -0.2) is 8.91 Å². The highest BCUT2D eigenvalue weighted by Crippen LogP contribution is 2.24. The largest absolute Gasteiger partial charge is 0.318 e. The van der Waals surface area contributed by atoms with Crippen LogP contribution >= 0.6 is 27.5 Å². The predicted molar refractivity (Wildman–Crippen MR) is 74.4 cm³/mol. The highest BCUT2D eigenvalue weighted by atomic mass is 79.9. The molecular formula is C11H6BrClFN5O. The van der Waals surface area contributed by atoms with Gasteiger partial charge in [-0.1, -0.05) is 11.6 Å². The lowest BCUT2D eigenvalue weighted by atomic mass is 10.2. The second-order valence-corrected chi connectivity index (χ2v) is 5.08. The molecule has 0 spiro atoms. The predicted octanol–water partition coefficient (Wildman–Crippen LogP) is 2.86. The summed E-state index contributed by atoms with van der Waals surface area (Å²) in [5.41, 5.74) is 0.546. The van der Waals surface area contributed by atoms with E-state index in [2.05, 4.69) is 36.5 Å². The third-order valence-corrected chi connectivity index (χ3v) is 3.56. The molecule has 2 N–H and O–H groups in total. The van der Waals surface area contributed by atoms with Gasteiger partial charge in [0.25, 0.3) is 5.91 Å². The van der Waals surface area contributed by atoms with Crippen molar-refractivity contribution in [1.82, 2.24) is 19.8 Å². The van der Waals surface area contributed by atoms with E-state index in [1.807, 2.05) is 0 Å². The molecule has 0 aliphatic carbocycles. The molecule has 0 bridgehead atoms. The number of fused-ring (bicyclic) bond motifs is 1. The fourth-order valence-corrected chi connectivity index (χ4v) is 2.18. The fraction of sp³-hybridized carbons (Fsp3) is 0. The number of anilines is 1. The Bertz CT molecular complexity index is 814. The molecule has 3 heterocycles. The molecule has 0 saturated heterocycles. The average Bonchev–Trinajstić information content (AvgIpc) is 3.01. The summed E-state index contributed by atoms with van der Waals surface area (Å²) in [5.74, 6) is -1.20. The van der Waals surface area contributed by atoms with Crippen molar-refractivity contribution in [3.8, 4) is 0 Å². The highest BCUT2D eigenvalue weighted by molar-refractivity contribution is 9.10. The van der Waals surface area contributed by atoms with Crippen LogP contribution in [0, 0.1) is 5.82 Å². The minimum Gasteiger partial charge on any atom is -0.318 e. The number of carbonyl (C=O) groups is 1. The lowest BCUT2D eigenvalue weighted by molar-refractivity contribution is 0.102. The number of nitrogens with zero attached hydrogens (tertiary/aromatic N) is 3. The number of aromatic nitrogens is 4. The number of amides is 1. The molecule has 0 aliphatic heterocycles. The van der Waals surface area contributed by atoms with E-state index in [0.29, 0.717) is 10.3 Å². The van der Waals surface area contributed by atoms with Crippen molar-refractivity contribution in [1.29, 1.82) is 0 Å². The van der Waals surface area contributed by atoms with Gasteiger partial charge < -0.3 is 5.32 Å². The number of H-pyrrole nitrogens is 1. The first-order chi connectivity index (χ1) is 9.58. The van der Waals surface area contributed by atoms with E-state index in [1.54, 1.807) is 0 Å². The van der Waals surface area contributed by atoms with E-state index in [-0.39, 0.29) is 16.1 Å². The number of nitrogens with one attached hydrogen (secondary N) is 2. The smallest absolute Gasteiger partial charge is 0.259 e. The number of halogens is 3. The SMILES string of the molecule is O=C(Nc1cn[nH]c1Br)c1cnn2ccc(Cl)c(F)c12. The Morgan fingerprint density at radius 2 is 2.30 bits per heavy atom. The van der Waals surface area contributed by atoms with Gasteiger partial charge >= 0.3 is 0 Å². The van der Waals surface area contributed by atoms with Gasteiger partial charge in [0, 0.05) is 6.20 Å². The van der Waals surface area contributed by atoms with Crippen LogP contribution in [-0.2, 0) is 0 Å². The normalized spacial score (nSPS) is 10.9. The summed E-state index contributed by atoms with van der Waals surface area (Å²) in [4.78, 5) is 12.2. The highest BCUT2D eigenvalue weighted by Gasteiger charge is 2.19. The zero-order valence-corrected chi connectivity index (χ0v) is 12.0. The van der Waals surface area contributed by atoms with Crippen LogP contribution in [0.3, 0.4) is 0 Å². The first kappa shape index (κ1) is 13.1. The van der Waals surface area contributed by atoms with Crippen LogP contribution in [0.4, 0.5) is 10.1 Å². The Morgan fingerprint density at radius 3 is 3.00 bits per heavy atom. The van der Waals surface area contributed by atoms with Gasteiger partial charge in [-0.15, -0.1) is 0 Å². The van der Waals surface area contributed by atoms with Crippen LogP contribution in [-0.4, -0.2) is 25.7 Å². The van der Waals surface area contributed by atoms with Gasteiger partial charge in [-0.3, -0.25) is 9.89 Å². The Kier molecular flexibility index (Phi) is 3.19. The molecule has 3 aromatic rings. The zero-order chi connectivity index (χ0) is 14.3. The van der Waals surface area contributed by atoms with Crippen LogP contribution < -0.4 is 5.32 Å². The van der Waals surface area contributed by atoms with Crippen molar-refractivity contribution >= 4 is 44.6 Å². The summed E-state index contributed by atoms with van der Waals surface area (Å²) in [6, 6.07) is 1.37. The van der Waals surface area contributed by atoms with Gasteiger partial charge in [0.15, 0.2) is 5.82 Å². The van der Waals surface area contributed by atoms with E-state index in [0.717, 1.165) is 0 Å². The molecule has 0 saturated carbocycles. The van der Waals surface area contributed by atoms with E-state index in [1.165, 1.54) is 29.2 Å². The van der Waals surface area contributed by atoms with Crippen molar-refractivity contribution in [2.75, 3.05) is 5.32 Å². The standard InChI is InChI=1S/C11H6BrClFN5O/c12-10-7(4-15-18-10)17-11(20)5-3-16-19-2-1-6(13)8(14)9(5)19/h1-4H,(H,15,18)(H,17,20). The Hall–Kier alpha value is -1.93. The molecule has 3 aromatic heterocycles. The first-order valence-electron chi connectivity index (χ1n) is 5.39. The summed E-state index contributed by atoms with van der Waals surface area (Å²) in [6.45, 7) is 0. The number of hydrogen-bond acceptors (Lipinski definition) is 3. The molecule has 0 radical (unpaired) electrons. The van der Waals surface area contributed by atoms with Crippen molar-refractivity contribution in [3.63, 3.8) is 0 Å². The first-order valence-corrected chi connectivity index (χ1v) is 6.56. The number of carbonyl (C=O) groups excluding carboxylic acids is 1. The number of aromatic amines is 1. The molecule has 9 heteroatoms. The molecule has 0 aliphatic rings. The van der Waals surface area contributed by atoms with Gasteiger partial charge in [0.05, 0.1) is 28.7 Å². The summed E-state index contributed by atoms with van der Waals surface area (Å²) >= 11 is 8.90. The van der Waals surface area contributed by atoms with Crippen molar-refractivity contribution < 1.29 is 9.18 Å². The topological polar surface area (TPSA) is 75.1 Å². The minimum absolute atomic E-state index is 0.0228. The zero-order valence-electron chi connectivity index (χ0n) is 9.69. The quantitative estimate of drug-likeness (QED) is 0.740. The molecule has 3 rings (SSSR count). The maximum Gasteiger partial charge on any atom is 0.259 e. The van der Waals surface area contributed by atoms with E-state index in [9.17, 15) is 9.18 Å². The molecule has 0 unspecified atom stereocenters. The number of hydrogen-bond donors (Lipinski definition) is 2. The molecular weight excluding hydrogens is 353 g/mol. The van der Waals surface area contributed by atoms with Crippen molar-refractivity contribution in [2.45, 2.75) is 0 Å². The summed E-state index contributed by atoms with van der Waals surface area (Å²) in [6.07, 6.45) is 4.18. The molecule has 0 fully saturated rings. The Labute approximate surface area is 125 Å². The Balaban J connectivity index is 2.04. The van der Waals surface area contributed by atoms with Crippen molar-refractivity contribution in [2.24, 2.45) is 0 Å². The maximum absolute atomic E-state index is 14.0. The lowest BCUT2D eigenvalue weighted by Gasteiger charge is -2.03. The molecule has 6 nitrogen and oxygen atoms in total.